The zero-order chi connectivity index (χ0) is 15.1. The van der Waals surface area contributed by atoms with Gasteiger partial charge >= 0.3 is 0 Å². The van der Waals surface area contributed by atoms with E-state index in [2.05, 4.69) is 5.16 Å². The average molecular weight is 286 g/mol. The molecule has 21 heavy (non-hydrogen) atoms. The molecule has 0 fully saturated rings. The molecule has 0 radical (unpaired) electrons. The lowest BCUT2D eigenvalue weighted by Crippen LogP contribution is -1.94. The molecule has 106 valence electrons. The van der Waals surface area contributed by atoms with Gasteiger partial charge in [-0.15, -0.1) is 0 Å². The molecule has 2 aromatic carbocycles. The van der Waals surface area contributed by atoms with Crippen molar-refractivity contribution in [2.45, 2.75) is 13.0 Å². The minimum Gasteiger partial charge on any atom is -0.391 e. The molecule has 0 bridgehead atoms. The molecule has 3 nitrogen and oxygen atoms in total. The van der Waals surface area contributed by atoms with Crippen LogP contribution in [0, 0.1) is 11.3 Å². The third-order valence-corrected chi connectivity index (χ3v) is 2.81. The number of oxime groups is 1. The fourth-order valence-corrected chi connectivity index (χ4v) is 1.71. The summed E-state index contributed by atoms with van der Waals surface area (Å²) in [4.78, 5) is 5.07. The van der Waals surface area contributed by atoms with Crippen LogP contribution in [-0.4, -0.2) is 6.21 Å². The number of halogens is 2. The Balaban J connectivity index is 1.95. The van der Waals surface area contributed by atoms with E-state index < -0.39 is 6.43 Å². The van der Waals surface area contributed by atoms with E-state index in [-0.39, 0.29) is 12.2 Å². The number of nitriles is 1. The molecular weight excluding hydrogens is 274 g/mol. The number of hydrogen-bond acceptors (Lipinski definition) is 3. The molecule has 2 aromatic rings. The van der Waals surface area contributed by atoms with Crippen LogP contribution in [0.3, 0.4) is 0 Å². The van der Waals surface area contributed by atoms with Gasteiger partial charge in [-0.05, 0) is 17.7 Å². The zero-order valence-electron chi connectivity index (χ0n) is 11.0. The van der Waals surface area contributed by atoms with Crippen LogP contribution in [0.15, 0.2) is 53.7 Å². The monoisotopic (exact) mass is 286 g/mol. The van der Waals surface area contributed by atoms with Crippen LogP contribution in [0.4, 0.5) is 8.78 Å². The van der Waals surface area contributed by atoms with Crippen LogP contribution < -0.4 is 0 Å². The molecule has 0 aliphatic carbocycles. The van der Waals surface area contributed by atoms with E-state index >= 15 is 0 Å². The summed E-state index contributed by atoms with van der Waals surface area (Å²) in [5.41, 5.74) is 1.65. The topological polar surface area (TPSA) is 45.4 Å². The quantitative estimate of drug-likeness (QED) is 0.615. The number of rotatable bonds is 5. The number of benzene rings is 2. The molecule has 0 N–H and O–H groups in total. The highest BCUT2D eigenvalue weighted by molar-refractivity contribution is 5.81. The molecule has 5 heteroatoms. The number of hydrogen-bond donors (Lipinski definition) is 0. The maximum absolute atomic E-state index is 12.7. The van der Waals surface area contributed by atoms with Crippen molar-refractivity contribution in [3.8, 4) is 6.07 Å². The second kappa shape index (κ2) is 7.15. The maximum Gasteiger partial charge on any atom is 0.264 e. The predicted octanol–water partition coefficient (Wildman–Crippen LogP) is 4.05. The first-order valence-corrected chi connectivity index (χ1v) is 6.22. The van der Waals surface area contributed by atoms with Gasteiger partial charge in [0.25, 0.3) is 6.43 Å². The van der Waals surface area contributed by atoms with E-state index in [0.29, 0.717) is 11.1 Å². The van der Waals surface area contributed by atoms with Crippen molar-refractivity contribution >= 4 is 6.21 Å². The summed E-state index contributed by atoms with van der Waals surface area (Å²) < 4.78 is 25.5. The Bertz CT molecular complexity index is 661. The Morgan fingerprint density at radius 3 is 2.52 bits per heavy atom. The molecule has 0 aliphatic rings. The summed E-state index contributed by atoms with van der Waals surface area (Å²) in [5, 5.41) is 12.4. The maximum atomic E-state index is 12.7. The van der Waals surface area contributed by atoms with Gasteiger partial charge in [0, 0.05) is 11.1 Å². The van der Waals surface area contributed by atoms with Gasteiger partial charge in [0.05, 0.1) is 17.8 Å². The van der Waals surface area contributed by atoms with Gasteiger partial charge in [0.15, 0.2) is 0 Å². The predicted molar refractivity (Wildman–Crippen MR) is 74.9 cm³/mol. The van der Waals surface area contributed by atoms with E-state index in [1.165, 1.54) is 12.3 Å². The fraction of sp³-hybridized carbons (Fsp3) is 0.125. The summed E-state index contributed by atoms with van der Waals surface area (Å²) in [5.74, 6) is 0. The Morgan fingerprint density at radius 1 is 1.14 bits per heavy atom. The first kappa shape index (κ1) is 14.7. The van der Waals surface area contributed by atoms with Crippen LogP contribution in [0.5, 0.6) is 0 Å². The lowest BCUT2D eigenvalue weighted by molar-refractivity contribution is 0.132. The van der Waals surface area contributed by atoms with Gasteiger partial charge in [-0.1, -0.05) is 41.6 Å². The van der Waals surface area contributed by atoms with Gasteiger partial charge in [0.2, 0.25) is 0 Å². The van der Waals surface area contributed by atoms with Gasteiger partial charge in [-0.3, -0.25) is 0 Å². The van der Waals surface area contributed by atoms with Crippen LogP contribution in [0.2, 0.25) is 0 Å². The highest BCUT2D eigenvalue weighted by Crippen LogP contribution is 2.21. The van der Waals surface area contributed by atoms with Gasteiger partial charge in [-0.2, -0.15) is 5.26 Å². The van der Waals surface area contributed by atoms with Crippen molar-refractivity contribution in [2.24, 2.45) is 5.16 Å². The normalized spacial score (nSPS) is 10.8. The van der Waals surface area contributed by atoms with E-state index in [1.807, 2.05) is 6.07 Å². The highest BCUT2D eigenvalue weighted by Gasteiger charge is 2.10. The van der Waals surface area contributed by atoms with Crippen molar-refractivity contribution in [3.05, 3.63) is 70.8 Å². The fourth-order valence-electron chi connectivity index (χ4n) is 1.71. The third-order valence-electron chi connectivity index (χ3n) is 2.81. The lowest BCUT2D eigenvalue weighted by atomic mass is 10.1. The van der Waals surface area contributed by atoms with Crippen molar-refractivity contribution in [1.29, 1.82) is 5.26 Å². The minimum absolute atomic E-state index is 0.0803. The van der Waals surface area contributed by atoms with Crippen LogP contribution in [0.1, 0.15) is 28.7 Å². The van der Waals surface area contributed by atoms with Gasteiger partial charge in [0.1, 0.15) is 6.61 Å². The first-order chi connectivity index (χ1) is 10.2. The smallest absolute Gasteiger partial charge is 0.264 e. The second-order valence-corrected chi connectivity index (χ2v) is 4.25. The van der Waals surface area contributed by atoms with Crippen molar-refractivity contribution in [2.75, 3.05) is 0 Å². The SMILES string of the molecule is N#Cc1ccc(CON=Cc2ccccc2C(F)F)cc1. The number of alkyl halides is 2. The molecule has 0 aliphatic heterocycles. The second-order valence-electron chi connectivity index (χ2n) is 4.25. The lowest BCUT2D eigenvalue weighted by Gasteiger charge is -2.03. The number of nitrogens with zero attached hydrogens (tertiary/aromatic N) is 2. The van der Waals surface area contributed by atoms with E-state index in [4.69, 9.17) is 10.1 Å². The third kappa shape index (κ3) is 4.11. The van der Waals surface area contributed by atoms with E-state index in [0.717, 1.165) is 5.56 Å². The van der Waals surface area contributed by atoms with Crippen molar-refractivity contribution < 1.29 is 13.6 Å². The van der Waals surface area contributed by atoms with Crippen LogP contribution in [-0.2, 0) is 11.4 Å². The molecule has 2 rings (SSSR count). The molecule has 0 heterocycles. The zero-order valence-corrected chi connectivity index (χ0v) is 11.0. The average Bonchev–Trinajstić information content (AvgIpc) is 2.52. The molecule has 0 saturated heterocycles. The van der Waals surface area contributed by atoms with Crippen LogP contribution in [0.25, 0.3) is 0 Å². The first-order valence-electron chi connectivity index (χ1n) is 6.22. The summed E-state index contributed by atoms with van der Waals surface area (Å²) in [7, 11) is 0. The molecule has 0 atom stereocenters. The van der Waals surface area contributed by atoms with Crippen molar-refractivity contribution in [3.63, 3.8) is 0 Å². The minimum atomic E-state index is -2.55. The summed E-state index contributed by atoms with van der Waals surface area (Å²) in [6.45, 7) is 0.207. The summed E-state index contributed by atoms with van der Waals surface area (Å²) in [6, 6.07) is 15.0. The van der Waals surface area contributed by atoms with E-state index in [9.17, 15) is 8.78 Å². The molecule has 0 amide bonds. The molecule has 0 spiro atoms. The van der Waals surface area contributed by atoms with Gasteiger partial charge in [-0.25, -0.2) is 8.78 Å². The summed E-state index contributed by atoms with van der Waals surface area (Å²) in [6.07, 6.45) is -1.28. The van der Waals surface area contributed by atoms with Crippen molar-refractivity contribution in [1.82, 2.24) is 0 Å². The molecule has 0 saturated carbocycles. The molecular formula is C16H12F2N2O. The Labute approximate surface area is 121 Å². The van der Waals surface area contributed by atoms with Gasteiger partial charge < -0.3 is 4.84 Å². The Hall–Kier alpha value is -2.74. The Morgan fingerprint density at radius 2 is 1.86 bits per heavy atom. The Kier molecular flexibility index (Phi) is 4.99. The summed E-state index contributed by atoms with van der Waals surface area (Å²) >= 11 is 0. The largest absolute Gasteiger partial charge is 0.391 e. The van der Waals surface area contributed by atoms with E-state index in [1.54, 1.807) is 42.5 Å². The molecule has 0 unspecified atom stereocenters. The van der Waals surface area contributed by atoms with Crippen LogP contribution >= 0.6 is 0 Å². The standard InChI is InChI=1S/C16H12F2N2O/c17-16(18)15-4-2-1-3-14(15)10-20-21-11-13-7-5-12(9-19)6-8-13/h1-8,10,16H,11H2. The molecule has 0 aromatic heterocycles. The highest BCUT2D eigenvalue weighted by atomic mass is 19.3.